The molecule has 4 heteroatoms. The number of nitrogen functional groups attached to an aromatic ring is 1. The highest BCUT2D eigenvalue weighted by Crippen LogP contribution is 2.17. The zero-order valence-corrected chi connectivity index (χ0v) is 10.5. The maximum Gasteiger partial charge on any atom is 0.307 e. The van der Waals surface area contributed by atoms with E-state index in [0.29, 0.717) is 6.54 Å². The second-order valence-electron chi connectivity index (χ2n) is 4.97. The Balaban J connectivity index is 1.82. The Labute approximate surface area is 107 Å². The number of nitrogens with two attached hydrogens (primary N) is 1. The molecule has 4 nitrogen and oxygen atoms in total. The molecule has 0 aliphatic carbocycles. The zero-order chi connectivity index (χ0) is 13.0. The van der Waals surface area contributed by atoms with Crippen LogP contribution >= 0.6 is 0 Å². The molecular formula is C14H20N2O2. The molecule has 98 valence electrons. The molecule has 1 atom stereocenters. The van der Waals surface area contributed by atoms with E-state index in [1.165, 1.54) is 5.56 Å². The Morgan fingerprint density at radius 1 is 1.39 bits per heavy atom. The third-order valence-corrected chi connectivity index (χ3v) is 3.55. The lowest BCUT2D eigenvalue weighted by molar-refractivity contribution is -0.143. The maximum absolute atomic E-state index is 11.0. The number of carboxylic acid groups (broad SMARTS) is 1. The molecule has 0 amide bonds. The Morgan fingerprint density at radius 3 is 2.78 bits per heavy atom. The molecule has 0 spiro atoms. The first-order chi connectivity index (χ1) is 8.65. The first-order valence-electron chi connectivity index (χ1n) is 6.45. The molecule has 1 heterocycles. The van der Waals surface area contributed by atoms with Gasteiger partial charge in [0.2, 0.25) is 0 Å². The van der Waals surface area contributed by atoms with Crippen LogP contribution in [0.4, 0.5) is 5.69 Å². The van der Waals surface area contributed by atoms with Crippen LogP contribution in [0.15, 0.2) is 24.3 Å². The molecule has 3 N–H and O–H groups in total. The molecule has 0 bridgehead atoms. The Bertz CT molecular complexity index is 403. The number of carboxylic acids is 1. The van der Waals surface area contributed by atoms with Gasteiger partial charge in [-0.1, -0.05) is 12.1 Å². The van der Waals surface area contributed by atoms with E-state index in [9.17, 15) is 4.79 Å². The fraction of sp³-hybridized carbons (Fsp3) is 0.500. The smallest absolute Gasteiger partial charge is 0.307 e. The topological polar surface area (TPSA) is 66.6 Å². The minimum Gasteiger partial charge on any atom is -0.481 e. The third-order valence-electron chi connectivity index (χ3n) is 3.55. The van der Waals surface area contributed by atoms with Crippen molar-refractivity contribution in [3.05, 3.63) is 29.8 Å². The second kappa shape index (κ2) is 5.87. The summed E-state index contributed by atoms with van der Waals surface area (Å²) in [5.74, 6) is -0.850. The van der Waals surface area contributed by atoms with Gasteiger partial charge in [0.25, 0.3) is 0 Å². The van der Waals surface area contributed by atoms with E-state index in [4.69, 9.17) is 10.8 Å². The largest absolute Gasteiger partial charge is 0.481 e. The van der Waals surface area contributed by atoms with Gasteiger partial charge in [0, 0.05) is 18.8 Å². The van der Waals surface area contributed by atoms with Crippen LogP contribution in [-0.4, -0.2) is 35.6 Å². The highest BCUT2D eigenvalue weighted by Gasteiger charge is 2.24. The van der Waals surface area contributed by atoms with Crippen molar-refractivity contribution in [2.24, 2.45) is 5.92 Å². The first-order valence-corrected chi connectivity index (χ1v) is 6.45. The van der Waals surface area contributed by atoms with Crippen molar-refractivity contribution >= 4 is 11.7 Å². The molecule has 0 saturated carbocycles. The number of rotatable bonds is 4. The molecule has 0 radical (unpaired) electrons. The summed E-state index contributed by atoms with van der Waals surface area (Å²) < 4.78 is 0. The van der Waals surface area contributed by atoms with Crippen molar-refractivity contribution in [2.45, 2.75) is 19.3 Å². The van der Waals surface area contributed by atoms with Gasteiger partial charge in [-0.25, -0.2) is 0 Å². The number of nitrogens with zero attached hydrogens (tertiary/aromatic N) is 1. The van der Waals surface area contributed by atoms with Crippen molar-refractivity contribution in [1.29, 1.82) is 0 Å². The van der Waals surface area contributed by atoms with E-state index in [1.807, 2.05) is 24.3 Å². The van der Waals surface area contributed by atoms with Crippen LogP contribution in [0, 0.1) is 5.92 Å². The summed E-state index contributed by atoms with van der Waals surface area (Å²) in [6.07, 6.45) is 2.75. The monoisotopic (exact) mass is 248 g/mol. The normalized spacial score (nSPS) is 20.8. The molecule has 1 aliphatic heterocycles. The van der Waals surface area contributed by atoms with Crippen molar-refractivity contribution in [2.75, 3.05) is 25.4 Å². The number of likely N-dealkylation sites (tertiary alicyclic amines) is 1. The Hall–Kier alpha value is -1.55. The van der Waals surface area contributed by atoms with E-state index in [0.717, 1.165) is 38.0 Å². The average Bonchev–Trinajstić information content (AvgIpc) is 2.38. The van der Waals surface area contributed by atoms with Gasteiger partial charge in [0.05, 0.1) is 5.92 Å². The predicted octanol–water partition coefficient (Wildman–Crippen LogP) is 1.61. The van der Waals surface area contributed by atoms with Crippen molar-refractivity contribution in [1.82, 2.24) is 4.90 Å². The third kappa shape index (κ3) is 3.47. The molecule has 1 saturated heterocycles. The number of anilines is 1. The molecule has 18 heavy (non-hydrogen) atoms. The molecular weight excluding hydrogens is 228 g/mol. The lowest BCUT2D eigenvalue weighted by atomic mass is 9.98. The summed E-state index contributed by atoms with van der Waals surface area (Å²) in [6.45, 7) is 2.62. The lowest BCUT2D eigenvalue weighted by Crippen LogP contribution is -2.39. The molecule has 1 unspecified atom stereocenters. The van der Waals surface area contributed by atoms with Crippen LogP contribution in [0.3, 0.4) is 0 Å². The number of hydrogen-bond acceptors (Lipinski definition) is 3. The molecule has 1 aliphatic rings. The van der Waals surface area contributed by atoms with Crippen LogP contribution in [0.2, 0.25) is 0 Å². The van der Waals surface area contributed by atoms with Crippen molar-refractivity contribution in [3.8, 4) is 0 Å². The van der Waals surface area contributed by atoms with E-state index >= 15 is 0 Å². The molecule has 1 aromatic rings. The van der Waals surface area contributed by atoms with Gasteiger partial charge < -0.3 is 15.7 Å². The number of hydrogen-bond donors (Lipinski definition) is 2. The minimum atomic E-state index is -0.660. The van der Waals surface area contributed by atoms with Crippen LogP contribution in [0.5, 0.6) is 0 Å². The summed E-state index contributed by atoms with van der Waals surface area (Å²) in [5.41, 5.74) is 7.67. The first kappa shape index (κ1) is 12.9. The van der Waals surface area contributed by atoms with E-state index in [1.54, 1.807) is 0 Å². The number of piperidine rings is 1. The molecule has 1 aromatic carbocycles. The summed E-state index contributed by atoms with van der Waals surface area (Å²) in [7, 11) is 0. The summed E-state index contributed by atoms with van der Waals surface area (Å²) in [4.78, 5) is 13.2. The van der Waals surface area contributed by atoms with Gasteiger partial charge in [-0.2, -0.15) is 0 Å². The van der Waals surface area contributed by atoms with Gasteiger partial charge in [0.15, 0.2) is 0 Å². The molecule has 1 fully saturated rings. The van der Waals surface area contributed by atoms with E-state index in [2.05, 4.69) is 4.90 Å². The quantitative estimate of drug-likeness (QED) is 0.794. The summed E-state index contributed by atoms with van der Waals surface area (Å²) in [5, 5.41) is 9.03. The fourth-order valence-corrected chi connectivity index (χ4v) is 2.43. The van der Waals surface area contributed by atoms with Gasteiger partial charge in [-0.3, -0.25) is 4.79 Å². The van der Waals surface area contributed by atoms with E-state index < -0.39 is 5.97 Å². The van der Waals surface area contributed by atoms with Crippen LogP contribution in [0.1, 0.15) is 18.4 Å². The number of aliphatic carboxylic acids is 1. The average molecular weight is 248 g/mol. The highest BCUT2D eigenvalue weighted by molar-refractivity contribution is 5.70. The molecule has 2 rings (SSSR count). The standard InChI is InChI=1S/C14H20N2O2/c15-13-5-3-11(4-6-13)7-9-16-8-1-2-12(10-16)14(17)18/h3-6,12H,1-2,7-10,15H2,(H,17,18). The second-order valence-corrected chi connectivity index (χ2v) is 4.97. The minimum absolute atomic E-state index is 0.190. The Kier molecular flexibility index (Phi) is 4.20. The van der Waals surface area contributed by atoms with Crippen LogP contribution in [0.25, 0.3) is 0 Å². The lowest BCUT2D eigenvalue weighted by Gasteiger charge is -2.30. The SMILES string of the molecule is Nc1ccc(CCN2CCCC(C(=O)O)C2)cc1. The predicted molar refractivity (Wildman–Crippen MR) is 71.4 cm³/mol. The van der Waals surface area contributed by atoms with Crippen LogP contribution in [-0.2, 0) is 11.2 Å². The van der Waals surface area contributed by atoms with Gasteiger partial charge in [-0.15, -0.1) is 0 Å². The molecule has 0 aromatic heterocycles. The Morgan fingerprint density at radius 2 is 2.11 bits per heavy atom. The van der Waals surface area contributed by atoms with Crippen molar-refractivity contribution in [3.63, 3.8) is 0 Å². The van der Waals surface area contributed by atoms with Crippen molar-refractivity contribution < 1.29 is 9.90 Å². The summed E-state index contributed by atoms with van der Waals surface area (Å²) >= 11 is 0. The highest BCUT2D eigenvalue weighted by atomic mass is 16.4. The number of benzene rings is 1. The van der Waals surface area contributed by atoms with Gasteiger partial charge in [0.1, 0.15) is 0 Å². The number of carbonyl (C=O) groups is 1. The summed E-state index contributed by atoms with van der Waals surface area (Å²) in [6, 6.07) is 7.89. The van der Waals surface area contributed by atoms with Gasteiger partial charge in [-0.05, 0) is 43.5 Å². The fourth-order valence-electron chi connectivity index (χ4n) is 2.43. The van der Waals surface area contributed by atoms with Crippen LogP contribution < -0.4 is 5.73 Å². The van der Waals surface area contributed by atoms with E-state index in [-0.39, 0.29) is 5.92 Å². The van der Waals surface area contributed by atoms with Gasteiger partial charge >= 0.3 is 5.97 Å². The maximum atomic E-state index is 11.0. The zero-order valence-electron chi connectivity index (χ0n) is 10.5.